The molecule has 11 aromatic carbocycles. The van der Waals surface area contributed by atoms with Crippen LogP contribution in [-0.4, -0.2) is 4.57 Å². The normalized spacial score (nSPS) is 11.6. The van der Waals surface area contributed by atoms with Crippen LogP contribution in [0.3, 0.4) is 0 Å². The molecule has 0 unspecified atom stereocenters. The third-order valence-electron chi connectivity index (χ3n) is 13.4. The summed E-state index contributed by atoms with van der Waals surface area (Å²) in [6.45, 7) is 0. The highest BCUT2D eigenvalue weighted by Gasteiger charge is 2.22. The van der Waals surface area contributed by atoms with Gasteiger partial charge in [-0.25, -0.2) is 0 Å². The van der Waals surface area contributed by atoms with Crippen LogP contribution in [0.2, 0.25) is 0 Å². The summed E-state index contributed by atoms with van der Waals surface area (Å²) in [6, 6.07) is 93.2. The molecular formula is C64H42N2S. The molecule has 0 saturated heterocycles. The van der Waals surface area contributed by atoms with Gasteiger partial charge in [-0.1, -0.05) is 194 Å². The fourth-order valence-electron chi connectivity index (χ4n) is 10.5. The number of nitrogens with zero attached hydrogens (tertiary/aromatic N) is 2. The lowest BCUT2D eigenvalue weighted by atomic mass is 9.90. The second-order valence-corrected chi connectivity index (χ2v) is 18.3. The molecule has 3 heteroatoms. The van der Waals surface area contributed by atoms with Crippen molar-refractivity contribution in [3.05, 3.63) is 255 Å². The third-order valence-corrected chi connectivity index (χ3v) is 14.5. The molecule has 0 fully saturated rings. The Labute approximate surface area is 393 Å². The molecule has 0 saturated carbocycles. The number of fused-ring (bicyclic) bond motifs is 7. The van der Waals surface area contributed by atoms with Crippen molar-refractivity contribution in [3.8, 4) is 50.2 Å². The van der Waals surface area contributed by atoms with Gasteiger partial charge >= 0.3 is 0 Å². The monoisotopic (exact) mass is 870 g/mol. The number of thiophene rings is 1. The summed E-state index contributed by atoms with van der Waals surface area (Å²) in [5, 5.41) is 7.55. The number of anilines is 3. The Morgan fingerprint density at radius 1 is 0.328 bits per heavy atom. The average Bonchev–Trinajstić information content (AvgIpc) is 3.96. The predicted molar refractivity (Wildman–Crippen MR) is 288 cm³/mol. The molecule has 0 N–H and O–H groups in total. The van der Waals surface area contributed by atoms with Crippen molar-refractivity contribution in [1.29, 1.82) is 0 Å². The highest BCUT2D eigenvalue weighted by atomic mass is 32.1. The Bertz CT molecular complexity index is 3970. The molecule has 0 radical (unpaired) electrons. The van der Waals surface area contributed by atoms with Gasteiger partial charge in [0.15, 0.2) is 0 Å². The number of para-hydroxylation sites is 4. The molecule has 0 spiro atoms. The third kappa shape index (κ3) is 6.55. The van der Waals surface area contributed by atoms with E-state index in [4.69, 9.17) is 0 Å². The minimum absolute atomic E-state index is 1.08. The van der Waals surface area contributed by atoms with E-state index in [0.717, 1.165) is 33.9 Å². The molecule has 0 bridgehead atoms. The number of hydrogen-bond donors (Lipinski definition) is 0. The van der Waals surface area contributed by atoms with E-state index in [0.29, 0.717) is 0 Å². The summed E-state index contributed by atoms with van der Waals surface area (Å²) < 4.78 is 5.05. The summed E-state index contributed by atoms with van der Waals surface area (Å²) in [5.74, 6) is 0. The van der Waals surface area contributed by atoms with E-state index >= 15 is 0 Å². The minimum Gasteiger partial charge on any atom is -0.310 e. The average molecular weight is 871 g/mol. The van der Waals surface area contributed by atoms with Gasteiger partial charge in [0.2, 0.25) is 0 Å². The number of hydrogen-bond acceptors (Lipinski definition) is 2. The van der Waals surface area contributed by atoms with Crippen molar-refractivity contribution in [1.82, 2.24) is 4.57 Å². The first-order valence-electron chi connectivity index (χ1n) is 22.9. The van der Waals surface area contributed by atoms with Gasteiger partial charge in [0, 0.05) is 59.1 Å². The van der Waals surface area contributed by atoms with Gasteiger partial charge in [0.05, 0.1) is 16.7 Å². The fourth-order valence-corrected chi connectivity index (χ4v) is 11.6. The van der Waals surface area contributed by atoms with E-state index in [9.17, 15) is 0 Å². The van der Waals surface area contributed by atoms with E-state index in [-0.39, 0.29) is 0 Å². The molecule has 2 aromatic heterocycles. The highest BCUT2D eigenvalue weighted by Crippen LogP contribution is 2.47. The molecular weight excluding hydrogens is 829 g/mol. The Morgan fingerprint density at radius 3 is 1.73 bits per heavy atom. The molecule has 0 aliphatic rings. The van der Waals surface area contributed by atoms with Crippen LogP contribution in [0, 0.1) is 0 Å². The number of benzene rings is 11. The van der Waals surface area contributed by atoms with Crippen molar-refractivity contribution < 1.29 is 0 Å². The maximum absolute atomic E-state index is 2.46. The van der Waals surface area contributed by atoms with Gasteiger partial charge in [-0.05, 0) is 105 Å². The summed E-state index contributed by atoms with van der Waals surface area (Å²) in [7, 11) is 0. The smallest absolute Gasteiger partial charge is 0.0619 e. The topological polar surface area (TPSA) is 8.17 Å². The largest absolute Gasteiger partial charge is 0.310 e. The van der Waals surface area contributed by atoms with Gasteiger partial charge in [-0.2, -0.15) is 0 Å². The molecule has 67 heavy (non-hydrogen) atoms. The maximum atomic E-state index is 2.46. The standard InChI is InChI=1S/C64H42N2S/c1-3-18-43(19-4-1)50-29-14-20-45-21-15-32-55(62(45)50)53-26-7-10-34-58(53)65(48-40-38-44(39-41-48)51-30-17-37-61-63(51)57-28-9-12-36-60(57)67-61)49-25-13-22-46(42-49)52-31-16-33-56-54-27-8-11-35-59(54)66(64(52)56)47-23-5-2-6-24-47/h1-42H. The van der Waals surface area contributed by atoms with E-state index in [1.54, 1.807) is 0 Å². The molecule has 0 aliphatic carbocycles. The van der Waals surface area contributed by atoms with Crippen molar-refractivity contribution in [2.24, 2.45) is 0 Å². The molecule has 2 heterocycles. The van der Waals surface area contributed by atoms with Crippen LogP contribution >= 0.6 is 11.3 Å². The van der Waals surface area contributed by atoms with Crippen LogP contribution in [0.5, 0.6) is 0 Å². The van der Waals surface area contributed by atoms with Crippen LogP contribution in [0.1, 0.15) is 0 Å². The summed E-state index contributed by atoms with van der Waals surface area (Å²) in [6.07, 6.45) is 0. The van der Waals surface area contributed by atoms with E-state index in [1.165, 1.54) is 86.1 Å². The first-order chi connectivity index (χ1) is 33.3. The quantitative estimate of drug-likeness (QED) is 0.148. The zero-order valence-electron chi connectivity index (χ0n) is 36.6. The van der Waals surface area contributed by atoms with Gasteiger partial charge in [-0.3, -0.25) is 0 Å². The molecule has 0 atom stereocenters. The van der Waals surface area contributed by atoms with Crippen LogP contribution < -0.4 is 4.90 Å². The Hall–Kier alpha value is -8.50. The number of rotatable bonds is 8. The first kappa shape index (κ1) is 38.9. The van der Waals surface area contributed by atoms with Gasteiger partial charge in [-0.15, -0.1) is 11.3 Å². The lowest BCUT2D eigenvalue weighted by Crippen LogP contribution is -2.11. The van der Waals surface area contributed by atoms with Crippen LogP contribution in [0.15, 0.2) is 255 Å². The lowest BCUT2D eigenvalue weighted by Gasteiger charge is -2.29. The van der Waals surface area contributed by atoms with Crippen LogP contribution in [-0.2, 0) is 0 Å². The van der Waals surface area contributed by atoms with Crippen molar-refractivity contribution in [3.63, 3.8) is 0 Å². The molecule has 0 amide bonds. The molecule has 2 nitrogen and oxygen atoms in total. The summed E-state index contributed by atoms with van der Waals surface area (Å²) in [5.41, 5.74) is 16.3. The van der Waals surface area contributed by atoms with Crippen molar-refractivity contribution >= 4 is 81.1 Å². The van der Waals surface area contributed by atoms with Gasteiger partial charge in [0.1, 0.15) is 0 Å². The molecule has 314 valence electrons. The first-order valence-corrected chi connectivity index (χ1v) is 23.7. The fraction of sp³-hybridized carbons (Fsp3) is 0. The Kier molecular flexibility index (Phi) is 9.40. The van der Waals surface area contributed by atoms with Gasteiger partial charge in [0.25, 0.3) is 0 Å². The predicted octanol–water partition coefficient (Wildman–Crippen LogP) is 18.4. The summed E-state index contributed by atoms with van der Waals surface area (Å²) in [4.78, 5) is 2.46. The van der Waals surface area contributed by atoms with Crippen molar-refractivity contribution in [2.75, 3.05) is 4.90 Å². The SMILES string of the molecule is c1ccc(-c2cccc3cccc(-c4ccccc4N(c4ccc(-c5cccc6sc7ccccc7c56)cc4)c4cccc(-c5cccc6c7ccccc7n(-c7ccccc7)c56)c4)c23)cc1. The zero-order valence-corrected chi connectivity index (χ0v) is 37.4. The van der Waals surface area contributed by atoms with E-state index < -0.39 is 0 Å². The van der Waals surface area contributed by atoms with E-state index in [2.05, 4.69) is 264 Å². The summed E-state index contributed by atoms with van der Waals surface area (Å²) >= 11 is 1.86. The number of aromatic nitrogens is 1. The minimum atomic E-state index is 1.08. The maximum Gasteiger partial charge on any atom is 0.0619 e. The Balaban J connectivity index is 1.03. The molecule has 0 aliphatic heterocycles. The highest BCUT2D eigenvalue weighted by molar-refractivity contribution is 7.25. The second kappa shape index (κ2) is 16.2. The zero-order chi connectivity index (χ0) is 44.3. The lowest BCUT2D eigenvalue weighted by molar-refractivity contribution is 1.18. The van der Waals surface area contributed by atoms with Crippen LogP contribution in [0.4, 0.5) is 17.1 Å². The van der Waals surface area contributed by atoms with Crippen LogP contribution in [0.25, 0.3) is 103 Å². The molecule has 13 rings (SSSR count). The van der Waals surface area contributed by atoms with Gasteiger partial charge < -0.3 is 9.47 Å². The molecule has 13 aromatic rings. The Morgan fingerprint density at radius 2 is 0.896 bits per heavy atom. The van der Waals surface area contributed by atoms with E-state index in [1.807, 2.05) is 11.3 Å². The second-order valence-electron chi connectivity index (χ2n) is 17.2. The van der Waals surface area contributed by atoms with Crippen molar-refractivity contribution in [2.45, 2.75) is 0 Å².